The molecule has 17 heavy (non-hydrogen) atoms. The lowest BCUT2D eigenvalue weighted by atomic mass is 9.90. The van der Waals surface area contributed by atoms with Gasteiger partial charge >= 0.3 is 5.97 Å². The van der Waals surface area contributed by atoms with Crippen molar-refractivity contribution in [3.05, 3.63) is 11.8 Å². The molecule has 0 aromatic heterocycles. The number of ketones is 1. The van der Waals surface area contributed by atoms with E-state index >= 15 is 0 Å². The minimum atomic E-state index is -0.618. The minimum Gasteiger partial charge on any atom is -0.464 e. The predicted octanol–water partition coefficient (Wildman–Crippen LogP) is 1.64. The van der Waals surface area contributed by atoms with Crippen molar-refractivity contribution in [2.24, 2.45) is 10.5 Å². The molecule has 0 radical (unpaired) electrons. The second-order valence-corrected chi connectivity index (χ2v) is 4.83. The van der Waals surface area contributed by atoms with Crippen LogP contribution in [-0.4, -0.2) is 24.6 Å². The third-order valence-corrected chi connectivity index (χ3v) is 1.82. The van der Waals surface area contributed by atoms with E-state index in [0.717, 1.165) is 5.71 Å². The largest absolute Gasteiger partial charge is 0.464 e. The molecule has 1 N–H and O–H groups in total. The molecule has 5 nitrogen and oxygen atoms in total. The number of esters is 1. The molecule has 0 atom stereocenters. The fourth-order valence-corrected chi connectivity index (χ4v) is 0.766. The summed E-state index contributed by atoms with van der Waals surface area (Å²) in [5.41, 5.74) is 2.75. The summed E-state index contributed by atoms with van der Waals surface area (Å²) < 4.78 is 4.57. The number of rotatable bonds is 4. The Balaban J connectivity index is 5.06. The molecule has 5 heteroatoms. The number of allylic oxidation sites excluding steroid dienone is 1. The van der Waals surface area contributed by atoms with Crippen molar-refractivity contribution in [3.8, 4) is 0 Å². The fraction of sp³-hybridized carbons (Fsp3) is 0.583. The van der Waals surface area contributed by atoms with E-state index in [1.807, 2.05) is 0 Å². The molecule has 0 aliphatic heterocycles. The summed E-state index contributed by atoms with van der Waals surface area (Å²) in [6.07, 6.45) is 1.22. The van der Waals surface area contributed by atoms with Crippen molar-refractivity contribution >= 4 is 17.5 Å². The van der Waals surface area contributed by atoms with Crippen LogP contribution < -0.4 is 5.43 Å². The predicted molar refractivity (Wildman–Crippen MR) is 66.5 cm³/mol. The average molecular weight is 240 g/mol. The van der Waals surface area contributed by atoms with Gasteiger partial charge in [0.2, 0.25) is 0 Å². The smallest absolute Gasteiger partial charge is 0.356 e. The van der Waals surface area contributed by atoms with Crippen LogP contribution in [0.2, 0.25) is 0 Å². The number of carbonyl (C=O) groups excluding carboxylic acids is 2. The molecule has 0 rings (SSSR count). The Hall–Kier alpha value is -1.65. The number of nitrogens with one attached hydrogen (secondary N) is 1. The lowest BCUT2D eigenvalue weighted by molar-refractivity contribution is -0.137. The van der Waals surface area contributed by atoms with Crippen LogP contribution in [-0.2, 0) is 14.3 Å². The first-order valence-corrected chi connectivity index (χ1v) is 5.30. The Morgan fingerprint density at radius 2 is 1.76 bits per heavy atom. The van der Waals surface area contributed by atoms with Gasteiger partial charge in [-0.25, -0.2) is 4.79 Å². The zero-order chi connectivity index (χ0) is 13.6. The molecule has 96 valence electrons. The van der Waals surface area contributed by atoms with Crippen LogP contribution in [0.25, 0.3) is 0 Å². The summed E-state index contributed by atoms with van der Waals surface area (Å²) in [6.45, 7) is 8.86. The van der Waals surface area contributed by atoms with Crippen molar-refractivity contribution in [1.29, 1.82) is 0 Å². The third-order valence-electron chi connectivity index (χ3n) is 1.82. The zero-order valence-corrected chi connectivity index (χ0v) is 11.2. The highest BCUT2D eigenvalue weighted by atomic mass is 16.5. The first kappa shape index (κ1) is 15.3. The quantitative estimate of drug-likeness (QED) is 0.351. The van der Waals surface area contributed by atoms with E-state index in [-0.39, 0.29) is 11.5 Å². The maximum atomic E-state index is 11.8. The maximum Gasteiger partial charge on any atom is 0.356 e. The Labute approximate surface area is 102 Å². The Kier molecular flexibility index (Phi) is 5.58. The van der Waals surface area contributed by atoms with Gasteiger partial charge in [-0.15, -0.1) is 0 Å². The van der Waals surface area contributed by atoms with E-state index in [2.05, 4.69) is 15.3 Å². The zero-order valence-electron chi connectivity index (χ0n) is 11.2. The summed E-state index contributed by atoms with van der Waals surface area (Å²) in [6, 6.07) is 0. The van der Waals surface area contributed by atoms with Crippen LogP contribution in [0.15, 0.2) is 16.9 Å². The first-order valence-electron chi connectivity index (χ1n) is 5.30. The van der Waals surface area contributed by atoms with Crippen LogP contribution in [0, 0.1) is 5.41 Å². The van der Waals surface area contributed by atoms with Crippen LogP contribution in [0.4, 0.5) is 0 Å². The first-order chi connectivity index (χ1) is 7.68. The second-order valence-electron chi connectivity index (χ2n) is 4.83. The number of hydrazone groups is 1. The number of carbonyl (C=O) groups is 2. The van der Waals surface area contributed by atoms with Crippen molar-refractivity contribution in [2.75, 3.05) is 7.11 Å². The Bertz CT molecular complexity index is 358. The lowest BCUT2D eigenvalue weighted by Gasteiger charge is -2.14. The van der Waals surface area contributed by atoms with Crippen LogP contribution in [0.1, 0.15) is 34.6 Å². The standard InChI is InChI=1S/C12H20N2O3/c1-8(2)13-14-9(11(16)17-6)7-10(15)12(3,4)5/h7,14H,1-6H3/b9-7-. The van der Waals surface area contributed by atoms with Gasteiger partial charge in [0.15, 0.2) is 5.78 Å². The number of nitrogens with zero attached hydrogens (tertiary/aromatic N) is 1. The van der Waals surface area contributed by atoms with E-state index < -0.39 is 11.4 Å². The van der Waals surface area contributed by atoms with Crippen LogP contribution >= 0.6 is 0 Å². The molecule has 0 unspecified atom stereocenters. The topological polar surface area (TPSA) is 67.8 Å². The molecular weight excluding hydrogens is 220 g/mol. The van der Waals surface area contributed by atoms with Crippen molar-refractivity contribution in [3.63, 3.8) is 0 Å². The molecule has 0 aliphatic rings. The lowest BCUT2D eigenvalue weighted by Crippen LogP contribution is -2.24. The maximum absolute atomic E-state index is 11.8. The highest BCUT2D eigenvalue weighted by Crippen LogP contribution is 2.16. The molecular formula is C12H20N2O3. The summed E-state index contributed by atoms with van der Waals surface area (Å²) in [7, 11) is 1.25. The summed E-state index contributed by atoms with van der Waals surface area (Å²) in [4.78, 5) is 23.2. The van der Waals surface area contributed by atoms with Crippen LogP contribution in [0.3, 0.4) is 0 Å². The highest BCUT2D eigenvalue weighted by Gasteiger charge is 2.21. The fourth-order valence-electron chi connectivity index (χ4n) is 0.766. The molecule has 0 amide bonds. The van der Waals surface area contributed by atoms with Gasteiger partial charge in [0, 0.05) is 17.2 Å². The third kappa shape index (κ3) is 5.85. The van der Waals surface area contributed by atoms with Gasteiger partial charge in [-0.2, -0.15) is 5.10 Å². The average Bonchev–Trinajstić information content (AvgIpc) is 2.20. The van der Waals surface area contributed by atoms with Gasteiger partial charge in [0.25, 0.3) is 0 Å². The molecule has 0 fully saturated rings. The summed E-state index contributed by atoms with van der Waals surface area (Å²) in [5.74, 6) is -0.790. The van der Waals surface area contributed by atoms with Gasteiger partial charge in [-0.05, 0) is 13.8 Å². The van der Waals surface area contributed by atoms with E-state index in [1.165, 1.54) is 13.2 Å². The van der Waals surface area contributed by atoms with Gasteiger partial charge in [0.05, 0.1) is 7.11 Å². The normalized spacial score (nSPS) is 11.8. The number of hydrogen-bond donors (Lipinski definition) is 1. The molecule has 0 heterocycles. The number of methoxy groups -OCH3 is 1. The van der Waals surface area contributed by atoms with Gasteiger partial charge < -0.3 is 4.74 Å². The van der Waals surface area contributed by atoms with Crippen LogP contribution in [0.5, 0.6) is 0 Å². The highest BCUT2D eigenvalue weighted by molar-refractivity contribution is 6.01. The molecule has 0 aliphatic carbocycles. The van der Waals surface area contributed by atoms with E-state index in [0.29, 0.717) is 0 Å². The molecule has 0 aromatic carbocycles. The summed E-state index contributed by atoms with van der Waals surface area (Å²) in [5, 5.41) is 3.87. The molecule has 0 spiro atoms. The second kappa shape index (κ2) is 6.18. The molecule has 0 bridgehead atoms. The van der Waals surface area contributed by atoms with Crippen molar-refractivity contribution in [2.45, 2.75) is 34.6 Å². The molecule has 0 saturated heterocycles. The van der Waals surface area contributed by atoms with E-state index in [9.17, 15) is 9.59 Å². The number of ether oxygens (including phenoxy) is 1. The van der Waals surface area contributed by atoms with Gasteiger partial charge in [-0.1, -0.05) is 20.8 Å². The van der Waals surface area contributed by atoms with Gasteiger partial charge in [-0.3, -0.25) is 10.2 Å². The van der Waals surface area contributed by atoms with Gasteiger partial charge in [0.1, 0.15) is 5.70 Å². The Morgan fingerprint density at radius 1 is 1.24 bits per heavy atom. The molecule has 0 saturated carbocycles. The minimum absolute atomic E-state index is 0.0358. The molecule has 0 aromatic rings. The number of hydrogen-bond acceptors (Lipinski definition) is 5. The Morgan fingerprint density at radius 3 is 2.12 bits per heavy atom. The van der Waals surface area contributed by atoms with Crippen molar-refractivity contribution in [1.82, 2.24) is 5.43 Å². The van der Waals surface area contributed by atoms with E-state index in [4.69, 9.17) is 0 Å². The SMILES string of the molecule is COC(=O)/C(=C/C(=O)C(C)(C)C)NN=C(C)C. The monoisotopic (exact) mass is 240 g/mol. The van der Waals surface area contributed by atoms with Crippen molar-refractivity contribution < 1.29 is 14.3 Å². The summed E-state index contributed by atoms with van der Waals surface area (Å²) >= 11 is 0. The van der Waals surface area contributed by atoms with E-state index in [1.54, 1.807) is 34.6 Å².